The average Bonchev–Trinajstić information content (AvgIpc) is 2.14. The van der Waals surface area contributed by atoms with E-state index in [0.29, 0.717) is 0 Å². The van der Waals surface area contributed by atoms with Crippen molar-refractivity contribution in [2.75, 3.05) is 0 Å². The second kappa shape index (κ2) is 2.57. The second-order valence-corrected chi connectivity index (χ2v) is 2.47. The fourth-order valence-corrected chi connectivity index (χ4v) is 1.17. The molecule has 0 N–H and O–H groups in total. The van der Waals surface area contributed by atoms with Gasteiger partial charge in [0.15, 0.2) is 0 Å². The number of thiophene rings is 1. The Balaban J connectivity index is 2.76. The molecule has 1 aromatic heterocycles. The summed E-state index contributed by atoms with van der Waals surface area (Å²) in [5.74, 6) is 0. The minimum absolute atomic E-state index is 1.18. The first-order valence-corrected chi connectivity index (χ1v) is 3.34. The van der Waals surface area contributed by atoms with E-state index in [1.54, 1.807) is 0 Å². The van der Waals surface area contributed by atoms with Gasteiger partial charge in [-0.2, -0.15) is 0 Å². The number of rotatable bonds is 1. The van der Waals surface area contributed by atoms with Crippen molar-refractivity contribution in [1.29, 1.82) is 0 Å². The van der Waals surface area contributed by atoms with Crippen LogP contribution < -0.4 is 0 Å². The minimum atomic E-state index is 1.18. The molecule has 32 valence electrons. The molecule has 0 spiro atoms. The zero-order chi connectivity index (χ0) is 5.11. The molecule has 0 saturated carbocycles. The molecule has 0 aliphatic rings. The van der Waals surface area contributed by atoms with Gasteiger partial charge in [0.05, 0.1) is 0 Å². The van der Waals surface area contributed by atoms with Gasteiger partial charge in [-0.1, -0.05) is 0 Å². The van der Waals surface area contributed by atoms with Crippen LogP contribution in [0.15, 0.2) is 17.5 Å². The fourth-order valence-electron chi connectivity index (χ4n) is 0.514. The Bertz CT molecular complexity index is 123. The summed E-state index contributed by atoms with van der Waals surface area (Å²) in [5, 5.41) is 3.29. The van der Waals surface area contributed by atoms with E-state index >= 15 is 0 Å². The van der Waals surface area contributed by atoms with Crippen LogP contribution in [0.5, 0.6) is 0 Å². The summed E-state index contributed by atoms with van der Waals surface area (Å²) in [6.07, 6.45) is 0. The predicted octanol–water partition coefficient (Wildman–Crippen LogP) is 1.42. The molecule has 0 amide bonds. The van der Waals surface area contributed by atoms with Crippen molar-refractivity contribution in [3.05, 3.63) is 22.4 Å². The van der Waals surface area contributed by atoms with Crippen molar-refractivity contribution in [3.8, 4) is 0 Å². The first-order chi connectivity index (χ1) is 3.43. The third kappa shape index (κ3) is 1.35. The van der Waals surface area contributed by atoms with E-state index < -0.39 is 0 Å². The molecular formula is C5H5LiS. The van der Waals surface area contributed by atoms with Crippen LogP contribution in [0.1, 0.15) is 4.88 Å². The van der Waals surface area contributed by atoms with Crippen molar-refractivity contribution in [2.45, 2.75) is 5.09 Å². The predicted molar refractivity (Wildman–Crippen MR) is 33.8 cm³/mol. The van der Waals surface area contributed by atoms with Crippen molar-refractivity contribution in [3.63, 3.8) is 0 Å². The van der Waals surface area contributed by atoms with Gasteiger partial charge in [0.25, 0.3) is 0 Å². The molecule has 0 aliphatic heterocycles. The van der Waals surface area contributed by atoms with Gasteiger partial charge in [0.2, 0.25) is 0 Å². The maximum atomic E-state index is 2.17. The van der Waals surface area contributed by atoms with E-state index in [1.807, 2.05) is 11.3 Å². The topological polar surface area (TPSA) is 0 Å². The molecule has 0 fully saturated rings. The SMILES string of the molecule is [Li][CH2]c1cccs1. The summed E-state index contributed by atoms with van der Waals surface area (Å²) in [6.45, 7) is 0. The van der Waals surface area contributed by atoms with Crippen LogP contribution in [0.4, 0.5) is 0 Å². The summed E-state index contributed by atoms with van der Waals surface area (Å²) in [6, 6.07) is 4.24. The van der Waals surface area contributed by atoms with Crippen molar-refractivity contribution < 1.29 is 0 Å². The maximum absolute atomic E-state index is 2.17. The standard InChI is InChI=1S/C5H5S.Li/c1-5-3-2-4-6-5;/h2-4H,1H2;. The Morgan fingerprint density at radius 2 is 2.57 bits per heavy atom. The van der Waals surface area contributed by atoms with Crippen LogP contribution in [-0.2, 0) is 5.09 Å². The Morgan fingerprint density at radius 3 is 2.86 bits per heavy atom. The van der Waals surface area contributed by atoms with Crippen LogP contribution in [0, 0.1) is 0 Å². The molecule has 7 heavy (non-hydrogen) atoms. The molecule has 0 bridgehead atoms. The van der Waals surface area contributed by atoms with Gasteiger partial charge in [-0.25, -0.2) is 0 Å². The van der Waals surface area contributed by atoms with Gasteiger partial charge in [-0.05, 0) is 0 Å². The second-order valence-electron chi connectivity index (χ2n) is 1.43. The van der Waals surface area contributed by atoms with Gasteiger partial charge in [0, 0.05) is 0 Å². The van der Waals surface area contributed by atoms with Gasteiger partial charge < -0.3 is 0 Å². The Kier molecular flexibility index (Phi) is 1.99. The van der Waals surface area contributed by atoms with Gasteiger partial charge >= 0.3 is 56.5 Å². The van der Waals surface area contributed by atoms with E-state index in [0.717, 1.165) is 0 Å². The summed E-state index contributed by atoms with van der Waals surface area (Å²) in [5.41, 5.74) is 0. The van der Waals surface area contributed by atoms with E-state index in [-0.39, 0.29) is 0 Å². The average molecular weight is 104 g/mol. The number of hydrogen-bond donors (Lipinski definition) is 0. The Labute approximate surface area is 56.8 Å². The molecule has 0 aliphatic carbocycles. The zero-order valence-corrected chi connectivity index (χ0v) is 5.16. The van der Waals surface area contributed by atoms with E-state index in [2.05, 4.69) is 35.2 Å². The summed E-state index contributed by atoms with van der Waals surface area (Å²) in [4.78, 5) is 1.47. The first-order valence-electron chi connectivity index (χ1n) is 2.46. The normalized spacial score (nSPS) is 9.43. The Hall–Kier alpha value is 0.297. The van der Waals surface area contributed by atoms with Crippen molar-refractivity contribution >= 4 is 29.1 Å². The first kappa shape index (κ1) is 5.43. The molecule has 1 heterocycles. The molecule has 0 saturated heterocycles. The molecule has 0 unspecified atom stereocenters. The third-order valence-electron chi connectivity index (χ3n) is 0.929. The van der Waals surface area contributed by atoms with Crippen LogP contribution >= 0.6 is 11.3 Å². The van der Waals surface area contributed by atoms with Gasteiger partial charge in [-0.15, -0.1) is 0 Å². The number of hydrogen-bond acceptors (Lipinski definition) is 1. The van der Waals surface area contributed by atoms with E-state index in [1.165, 1.54) is 9.97 Å². The van der Waals surface area contributed by atoms with Crippen molar-refractivity contribution in [1.82, 2.24) is 0 Å². The van der Waals surface area contributed by atoms with Crippen LogP contribution in [0.25, 0.3) is 0 Å². The van der Waals surface area contributed by atoms with Gasteiger partial charge in [-0.3, -0.25) is 0 Å². The molecular weight excluding hydrogens is 99.1 g/mol. The monoisotopic (exact) mass is 104 g/mol. The quantitative estimate of drug-likeness (QED) is 0.472. The van der Waals surface area contributed by atoms with Crippen LogP contribution in [0.3, 0.4) is 0 Å². The summed E-state index contributed by atoms with van der Waals surface area (Å²) in [7, 11) is 0. The van der Waals surface area contributed by atoms with E-state index in [4.69, 9.17) is 0 Å². The molecule has 0 aromatic carbocycles. The molecule has 0 radical (unpaired) electrons. The summed E-state index contributed by atoms with van der Waals surface area (Å²) < 4.78 is 0. The molecule has 2 heteroatoms. The van der Waals surface area contributed by atoms with Crippen molar-refractivity contribution in [2.24, 2.45) is 0 Å². The third-order valence-corrected chi connectivity index (χ3v) is 1.95. The molecule has 1 aromatic rings. The Morgan fingerprint density at radius 1 is 1.71 bits per heavy atom. The summed E-state index contributed by atoms with van der Waals surface area (Å²) >= 11 is 4.00. The van der Waals surface area contributed by atoms with Crippen LogP contribution in [-0.4, -0.2) is 17.7 Å². The van der Waals surface area contributed by atoms with Gasteiger partial charge in [0.1, 0.15) is 0 Å². The zero-order valence-electron chi connectivity index (χ0n) is 4.35. The molecule has 0 nitrogen and oxygen atoms in total. The van der Waals surface area contributed by atoms with Crippen LogP contribution in [0.2, 0.25) is 0 Å². The van der Waals surface area contributed by atoms with E-state index in [9.17, 15) is 0 Å². The molecule has 1 rings (SSSR count). The molecule has 0 atom stereocenters. The fraction of sp³-hybridized carbons (Fsp3) is 0.200.